The highest BCUT2D eigenvalue weighted by Gasteiger charge is 2.32. The summed E-state index contributed by atoms with van der Waals surface area (Å²) in [5.41, 5.74) is 2.41. The van der Waals surface area contributed by atoms with Gasteiger partial charge >= 0.3 is 0 Å². The van der Waals surface area contributed by atoms with Gasteiger partial charge in [-0.1, -0.05) is 12.1 Å². The molecule has 2 aromatic rings. The van der Waals surface area contributed by atoms with Crippen molar-refractivity contribution in [2.24, 2.45) is 5.92 Å². The van der Waals surface area contributed by atoms with Gasteiger partial charge in [0.05, 0.1) is 18.6 Å². The smallest absolute Gasteiger partial charge is 0.269 e. The second kappa shape index (κ2) is 9.05. The first-order chi connectivity index (χ1) is 13.9. The summed E-state index contributed by atoms with van der Waals surface area (Å²) in [5, 5.41) is 13.8. The minimum absolute atomic E-state index is 0.0176. The number of nitrogens with zero attached hydrogens (tertiary/aromatic N) is 2. The molecule has 1 N–H and O–H groups in total. The van der Waals surface area contributed by atoms with Crippen LogP contribution in [0.1, 0.15) is 30.9 Å². The van der Waals surface area contributed by atoms with Crippen LogP contribution in [0.15, 0.2) is 42.5 Å². The number of nitro benzene ring substituents is 1. The molecule has 1 aliphatic rings. The number of amides is 1. The molecule has 2 aromatic carbocycles. The van der Waals surface area contributed by atoms with Crippen molar-refractivity contribution in [1.29, 1.82) is 0 Å². The first-order valence-corrected chi connectivity index (χ1v) is 9.79. The Morgan fingerprint density at radius 3 is 2.52 bits per heavy atom. The molecule has 1 atom stereocenters. The zero-order valence-electron chi connectivity index (χ0n) is 17.1. The number of hydrogen-bond acceptors (Lipinski definition) is 5. The lowest BCUT2D eigenvalue weighted by atomic mass is 10.1. The van der Waals surface area contributed by atoms with E-state index in [0.717, 1.165) is 11.3 Å². The summed E-state index contributed by atoms with van der Waals surface area (Å²) in [7, 11) is 1.64. The molecular formula is C22H27N3O4. The predicted octanol–water partition coefficient (Wildman–Crippen LogP) is 4.15. The Morgan fingerprint density at radius 1 is 1.28 bits per heavy atom. The molecule has 1 saturated carbocycles. The average Bonchev–Trinajstić information content (AvgIpc) is 3.54. The number of non-ortho nitro benzene ring substituents is 1. The average molecular weight is 397 g/mol. The first-order valence-electron chi connectivity index (χ1n) is 9.79. The monoisotopic (exact) mass is 397 g/mol. The van der Waals surface area contributed by atoms with Gasteiger partial charge in [-0.3, -0.25) is 19.8 Å². The van der Waals surface area contributed by atoms with E-state index in [1.54, 1.807) is 20.1 Å². The topological polar surface area (TPSA) is 84.7 Å². The third-order valence-electron chi connectivity index (χ3n) is 5.47. The zero-order chi connectivity index (χ0) is 21.0. The van der Waals surface area contributed by atoms with E-state index in [-0.39, 0.29) is 18.1 Å². The number of carbonyl (C=O) groups excluding carboxylic acids is 1. The van der Waals surface area contributed by atoms with Gasteiger partial charge < -0.3 is 10.1 Å². The molecule has 7 nitrogen and oxygen atoms in total. The van der Waals surface area contributed by atoms with Gasteiger partial charge in [0.1, 0.15) is 5.75 Å². The molecule has 1 aliphatic carbocycles. The summed E-state index contributed by atoms with van der Waals surface area (Å²) in [6.07, 6.45) is 2.40. The lowest BCUT2D eigenvalue weighted by molar-refractivity contribution is -0.384. The molecule has 0 radical (unpaired) electrons. The third kappa shape index (κ3) is 5.54. The van der Waals surface area contributed by atoms with Crippen LogP contribution >= 0.6 is 0 Å². The summed E-state index contributed by atoms with van der Waals surface area (Å²) in [6, 6.07) is 12.7. The zero-order valence-corrected chi connectivity index (χ0v) is 17.1. The summed E-state index contributed by atoms with van der Waals surface area (Å²) in [4.78, 5) is 25.4. The van der Waals surface area contributed by atoms with Crippen molar-refractivity contribution >= 4 is 17.3 Å². The van der Waals surface area contributed by atoms with Gasteiger partial charge in [-0.2, -0.15) is 0 Å². The van der Waals surface area contributed by atoms with E-state index in [4.69, 9.17) is 4.74 Å². The van der Waals surface area contributed by atoms with E-state index in [9.17, 15) is 14.9 Å². The summed E-state index contributed by atoms with van der Waals surface area (Å²) in [6.45, 7) is 4.87. The number of aryl methyl sites for hydroxylation is 1. The highest BCUT2D eigenvalue weighted by Crippen LogP contribution is 2.35. The molecule has 0 aliphatic heterocycles. The Hall–Kier alpha value is -2.93. The van der Waals surface area contributed by atoms with Gasteiger partial charge in [0.2, 0.25) is 5.91 Å². The fourth-order valence-corrected chi connectivity index (χ4v) is 3.46. The second-order valence-corrected chi connectivity index (χ2v) is 7.64. The van der Waals surface area contributed by atoms with Gasteiger partial charge in [0, 0.05) is 30.4 Å². The van der Waals surface area contributed by atoms with E-state index in [1.807, 2.05) is 24.3 Å². The fourth-order valence-electron chi connectivity index (χ4n) is 3.46. The minimum Gasteiger partial charge on any atom is -0.497 e. The van der Waals surface area contributed by atoms with Crippen molar-refractivity contribution in [2.45, 2.75) is 39.3 Å². The standard InChI is InChI=1S/C22H27N3O4/c1-15-12-19(25(27)28)8-11-21(15)23-22(26)14-24(16(2)18-6-7-18)13-17-4-9-20(29-3)10-5-17/h4-5,8-12,16,18H,6-7,13-14H2,1-3H3,(H,23,26). The van der Waals surface area contributed by atoms with E-state index in [2.05, 4.69) is 17.1 Å². The number of nitro groups is 1. The largest absolute Gasteiger partial charge is 0.497 e. The normalized spacial score (nSPS) is 14.5. The molecule has 1 unspecified atom stereocenters. The van der Waals surface area contributed by atoms with Crippen molar-refractivity contribution < 1.29 is 14.5 Å². The van der Waals surface area contributed by atoms with E-state index in [1.165, 1.54) is 25.0 Å². The highest BCUT2D eigenvalue weighted by molar-refractivity contribution is 5.93. The summed E-state index contributed by atoms with van der Waals surface area (Å²) in [5.74, 6) is 1.31. The number of rotatable bonds is 9. The summed E-state index contributed by atoms with van der Waals surface area (Å²) >= 11 is 0. The highest BCUT2D eigenvalue weighted by atomic mass is 16.6. The molecule has 7 heteroatoms. The van der Waals surface area contributed by atoms with Crippen LogP contribution in [0.25, 0.3) is 0 Å². The van der Waals surface area contributed by atoms with Crippen LogP contribution in [0.2, 0.25) is 0 Å². The van der Waals surface area contributed by atoms with Gasteiger partial charge in [0.25, 0.3) is 5.69 Å². The maximum atomic E-state index is 12.7. The van der Waals surface area contributed by atoms with Gasteiger partial charge in [-0.25, -0.2) is 0 Å². The molecule has 0 aromatic heterocycles. The first kappa shape index (κ1) is 20.8. The molecular weight excluding hydrogens is 370 g/mol. The number of benzene rings is 2. The second-order valence-electron chi connectivity index (χ2n) is 7.64. The molecule has 3 rings (SSSR count). The van der Waals surface area contributed by atoms with Crippen molar-refractivity contribution in [3.05, 3.63) is 63.7 Å². The van der Waals surface area contributed by atoms with Crippen LogP contribution in [-0.4, -0.2) is 35.4 Å². The minimum atomic E-state index is -0.438. The SMILES string of the molecule is COc1ccc(CN(CC(=O)Nc2ccc([N+](=O)[O-])cc2C)C(C)C2CC2)cc1. The number of ether oxygens (including phenoxy) is 1. The van der Waals surface area contributed by atoms with Crippen LogP contribution < -0.4 is 10.1 Å². The Morgan fingerprint density at radius 2 is 1.97 bits per heavy atom. The van der Waals surface area contributed by atoms with Crippen LogP contribution in [0.4, 0.5) is 11.4 Å². The van der Waals surface area contributed by atoms with Crippen LogP contribution in [0, 0.1) is 23.0 Å². The number of methoxy groups -OCH3 is 1. The number of carbonyl (C=O) groups is 1. The molecule has 1 fully saturated rings. The predicted molar refractivity (Wildman–Crippen MR) is 112 cm³/mol. The Balaban J connectivity index is 1.68. The Labute approximate surface area is 170 Å². The van der Waals surface area contributed by atoms with Gasteiger partial charge in [-0.15, -0.1) is 0 Å². The summed E-state index contributed by atoms with van der Waals surface area (Å²) < 4.78 is 5.22. The lowest BCUT2D eigenvalue weighted by Crippen LogP contribution is -2.40. The van der Waals surface area contributed by atoms with E-state index < -0.39 is 4.92 Å². The maximum absolute atomic E-state index is 12.7. The number of anilines is 1. The maximum Gasteiger partial charge on any atom is 0.269 e. The van der Waals surface area contributed by atoms with E-state index >= 15 is 0 Å². The third-order valence-corrected chi connectivity index (χ3v) is 5.47. The number of nitrogens with one attached hydrogen (secondary N) is 1. The molecule has 29 heavy (non-hydrogen) atoms. The molecule has 0 heterocycles. The molecule has 154 valence electrons. The Kier molecular flexibility index (Phi) is 6.49. The molecule has 0 bridgehead atoms. The quantitative estimate of drug-likeness (QED) is 0.507. The number of hydrogen-bond donors (Lipinski definition) is 1. The van der Waals surface area contributed by atoms with Crippen molar-refractivity contribution in [2.75, 3.05) is 19.0 Å². The van der Waals surface area contributed by atoms with Crippen LogP contribution in [0.3, 0.4) is 0 Å². The fraction of sp³-hybridized carbons (Fsp3) is 0.409. The van der Waals surface area contributed by atoms with Crippen molar-refractivity contribution in [1.82, 2.24) is 4.90 Å². The molecule has 0 saturated heterocycles. The van der Waals surface area contributed by atoms with Gasteiger partial charge in [-0.05, 0) is 61.9 Å². The van der Waals surface area contributed by atoms with Crippen molar-refractivity contribution in [3.63, 3.8) is 0 Å². The van der Waals surface area contributed by atoms with Crippen LogP contribution in [-0.2, 0) is 11.3 Å². The van der Waals surface area contributed by atoms with Crippen molar-refractivity contribution in [3.8, 4) is 5.75 Å². The molecule has 0 spiro atoms. The van der Waals surface area contributed by atoms with Crippen LogP contribution in [0.5, 0.6) is 5.75 Å². The van der Waals surface area contributed by atoms with E-state index in [0.29, 0.717) is 29.8 Å². The van der Waals surface area contributed by atoms with Gasteiger partial charge in [0.15, 0.2) is 0 Å². The Bertz CT molecular complexity index is 878. The lowest BCUT2D eigenvalue weighted by Gasteiger charge is -2.29. The molecule has 1 amide bonds.